The minimum absolute atomic E-state index is 0.382. The number of hydrogen-bond acceptors (Lipinski definition) is 3. The van der Waals surface area contributed by atoms with E-state index in [1.807, 2.05) is 17.7 Å². The van der Waals surface area contributed by atoms with Gasteiger partial charge >= 0.3 is 6.09 Å². The van der Waals surface area contributed by atoms with Crippen molar-refractivity contribution < 1.29 is 9.53 Å². The molecule has 0 aliphatic rings. The van der Waals surface area contributed by atoms with Gasteiger partial charge in [0.2, 0.25) is 0 Å². The number of rotatable bonds is 4. The number of carbonyl (C=O) groups is 1. The van der Waals surface area contributed by atoms with Crippen molar-refractivity contribution in [1.82, 2.24) is 14.9 Å². The van der Waals surface area contributed by atoms with E-state index in [0.717, 1.165) is 18.8 Å². The van der Waals surface area contributed by atoms with Crippen LogP contribution in [0.3, 0.4) is 0 Å². The Balaban J connectivity index is 2.16. The molecule has 78 valence electrons. The lowest BCUT2D eigenvalue weighted by Crippen LogP contribution is -2.24. The second-order valence-electron chi connectivity index (χ2n) is 2.94. The fourth-order valence-electron chi connectivity index (χ4n) is 1.15. The molecule has 0 aliphatic carbocycles. The number of carbonyl (C=O) groups excluding carboxylic acids is 1. The predicted octanol–water partition coefficient (Wildman–Crippen LogP) is 0.938. The number of nitrogens with one attached hydrogen (secondary N) is 1. The van der Waals surface area contributed by atoms with Crippen LogP contribution >= 0.6 is 0 Å². The number of aromatic nitrogens is 2. The van der Waals surface area contributed by atoms with Gasteiger partial charge < -0.3 is 14.6 Å². The van der Waals surface area contributed by atoms with E-state index in [9.17, 15) is 4.79 Å². The standard InChI is InChI=1S/C9H15N3O2/c1-8-10-5-7-12(8)6-3-4-11-9(13)14-2/h5,7H,3-4,6H2,1-2H3,(H,11,13). The third kappa shape index (κ3) is 3.08. The number of ether oxygens (including phenoxy) is 1. The second-order valence-corrected chi connectivity index (χ2v) is 2.94. The van der Waals surface area contributed by atoms with Crippen LogP contribution in [0.15, 0.2) is 12.4 Å². The van der Waals surface area contributed by atoms with Crippen LogP contribution in [0.1, 0.15) is 12.2 Å². The molecule has 0 fully saturated rings. The van der Waals surface area contributed by atoms with E-state index >= 15 is 0 Å². The third-order valence-corrected chi connectivity index (χ3v) is 1.95. The summed E-state index contributed by atoms with van der Waals surface area (Å²) in [5, 5.41) is 2.62. The van der Waals surface area contributed by atoms with Crippen molar-refractivity contribution in [3.05, 3.63) is 18.2 Å². The van der Waals surface area contributed by atoms with Gasteiger partial charge in [-0.2, -0.15) is 0 Å². The number of methoxy groups -OCH3 is 1. The first-order valence-corrected chi connectivity index (χ1v) is 4.53. The van der Waals surface area contributed by atoms with E-state index in [4.69, 9.17) is 0 Å². The maximum absolute atomic E-state index is 10.7. The summed E-state index contributed by atoms with van der Waals surface area (Å²) in [5.74, 6) is 0.989. The van der Waals surface area contributed by atoms with Gasteiger partial charge in [0.05, 0.1) is 7.11 Å². The highest BCUT2D eigenvalue weighted by Gasteiger charge is 1.98. The first kappa shape index (κ1) is 10.6. The van der Waals surface area contributed by atoms with Gasteiger partial charge in [0.15, 0.2) is 0 Å². The largest absolute Gasteiger partial charge is 0.453 e. The molecule has 0 aromatic carbocycles. The molecular formula is C9H15N3O2. The van der Waals surface area contributed by atoms with Crippen molar-refractivity contribution >= 4 is 6.09 Å². The molecular weight excluding hydrogens is 182 g/mol. The van der Waals surface area contributed by atoms with Gasteiger partial charge in [-0.15, -0.1) is 0 Å². The van der Waals surface area contributed by atoms with Crippen LogP contribution in [-0.4, -0.2) is 29.3 Å². The van der Waals surface area contributed by atoms with Crippen LogP contribution < -0.4 is 5.32 Å². The Labute approximate surface area is 83.1 Å². The maximum Gasteiger partial charge on any atom is 0.406 e. The molecule has 5 nitrogen and oxygen atoms in total. The predicted molar refractivity (Wildman–Crippen MR) is 52.0 cm³/mol. The molecule has 0 unspecified atom stereocenters. The van der Waals surface area contributed by atoms with Gasteiger partial charge in [0, 0.05) is 25.5 Å². The second kappa shape index (κ2) is 5.26. The number of hydrogen-bond donors (Lipinski definition) is 1. The molecule has 1 amide bonds. The molecule has 5 heteroatoms. The zero-order valence-corrected chi connectivity index (χ0v) is 8.49. The molecule has 0 saturated carbocycles. The summed E-state index contributed by atoms with van der Waals surface area (Å²) in [4.78, 5) is 14.8. The Morgan fingerprint density at radius 1 is 1.71 bits per heavy atom. The van der Waals surface area contributed by atoms with E-state index < -0.39 is 0 Å². The van der Waals surface area contributed by atoms with Crippen LogP contribution in [0.2, 0.25) is 0 Å². The average Bonchev–Trinajstić information content (AvgIpc) is 2.58. The molecule has 1 aromatic rings. The summed E-state index contributed by atoms with van der Waals surface area (Å²) in [5.41, 5.74) is 0. The van der Waals surface area contributed by atoms with Crippen molar-refractivity contribution in [2.45, 2.75) is 19.9 Å². The number of aryl methyl sites for hydroxylation is 2. The molecule has 0 bridgehead atoms. The number of alkyl carbamates (subject to hydrolysis) is 1. The number of nitrogens with zero attached hydrogens (tertiary/aromatic N) is 2. The Bertz CT molecular complexity index is 296. The lowest BCUT2D eigenvalue weighted by Gasteiger charge is -2.05. The average molecular weight is 197 g/mol. The summed E-state index contributed by atoms with van der Waals surface area (Å²) in [6, 6.07) is 0. The van der Waals surface area contributed by atoms with E-state index in [0.29, 0.717) is 6.54 Å². The molecule has 1 N–H and O–H groups in total. The van der Waals surface area contributed by atoms with Gasteiger partial charge in [-0.25, -0.2) is 9.78 Å². The van der Waals surface area contributed by atoms with Crippen LogP contribution in [0.4, 0.5) is 4.79 Å². The topological polar surface area (TPSA) is 56.1 Å². The van der Waals surface area contributed by atoms with Gasteiger partial charge in [0.1, 0.15) is 5.82 Å². The molecule has 0 saturated heterocycles. The van der Waals surface area contributed by atoms with Gasteiger partial charge in [-0.1, -0.05) is 0 Å². The van der Waals surface area contributed by atoms with Crippen molar-refractivity contribution in [3.63, 3.8) is 0 Å². The van der Waals surface area contributed by atoms with Crippen molar-refractivity contribution in [2.75, 3.05) is 13.7 Å². The molecule has 14 heavy (non-hydrogen) atoms. The highest BCUT2D eigenvalue weighted by Crippen LogP contribution is 1.96. The van der Waals surface area contributed by atoms with Crippen LogP contribution in [0.5, 0.6) is 0 Å². The van der Waals surface area contributed by atoms with Crippen LogP contribution in [-0.2, 0) is 11.3 Å². The fraction of sp³-hybridized carbons (Fsp3) is 0.556. The van der Waals surface area contributed by atoms with E-state index in [1.165, 1.54) is 7.11 Å². The SMILES string of the molecule is COC(=O)NCCCn1ccnc1C. The van der Waals surface area contributed by atoms with Gasteiger partial charge in [-0.3, -0.25) is 0 Å². The lowest BCUT2D eigenvalue weighted by molar-refractivity contribution is 0.171. The molecule has 0 spiro atoms. The van der Waals surface area contributed by atoms with Crippen molar-refractivity contribution in [3.8, 4) is 0 Å². The molecule has 1 rings (SSSR count). The smallest absolute Gasteiger partial charge is 0.406 e. The summed E-state index contributed by atoms with van der Waals surface area (Å²) in [6.07, 6.45) is 4.18. The summed E-state index contributed by atoms with van der Waals surface area (Å²) in [6.45, 7) is 3.42. The number of imidazole rings is 1. The zero-order chi connectivity index (χ0) is 10.4. The highest BCUT2D eigenvalue weighted by atomic mass is 16.5. The monoisotopic (exact) mass is 197 g/mol. The minimum Gasteiger partial charge on any atom is -0.453 e. The summed E-state index contributed by atoms with van der Waals surface area (Å²) in [7, 11) is 1.36. The van der Waals surface area contributed by atoms with Gasteiger partial charge in [0.25, 0.3) is 0 Å². The molecule has 0 radical (unpaired) electrons. The number of amides is 1. The summed E-state index contributed by atoms with van der Waals surface area (Å²) < 4.78 is 6.48. The first-order chi connectivity index (χ1) is 6.74. The molecule has 0 aliphatic heterocycles. The van der Waals surface area contributed by atoms with E-state index in [2.05, 4.69) is 15.0 Å². The molecule has 0 atom stereocenters. The fourth-order valence-corrected chi connectivity index (χ4v) is 1.15. The molecule has 1 heterocycles. The third-order valence-electron chi connectivity index (χ3n) is 1.95. The molecule has 1 aromatic heterocycles. The van der Waals surface area contributed by atoms with Crippen LogP contribution in [0.25, 0.3) is 0 Å². The van der Waals surface area contributed by atoms with E-state index in [1.54, 1.807) is 6.20 Å². The normalized spacial score (nSPS) is 9.86. The maximum atomic E-state index is 10.7. The lowest BCUT2D eigenvalue weighted by atomic mass is 10.4. The minimum atomic E-state index is -0.382. The Morgan fingerprint density at radius 2 is 2.50 bits per heavy atom. The van der Waals surface area contributed by atoms with Crippen LogP contribution in [0, 0.1) is 6.92 Å². The Hall–Kier alpha value is -1.52. The summed E-state index contributed by atoms with van der Waals surface area (Å²) >= 11 is 0. The first-order valence-electron chi connectivity index (χ1n) is 4.53. The van der Waals surface area contributed by atoms with Crippen molar-refractivity contribution in [1.29, 1.82) is 0 Å². The van der Waals surface area contributed by atoms with Crippen molar-refractivity contribution in [2.24, 2.45) is 0 Å². The highest BCUT2D eigenvalue weighted by molar-refractivity contribution is 5.66. The Kier molecular flexibility index (Phi) is 3.97. The zero-order valence-electron chi connectivity index (χ0n) is 8.49. The quantitative estimate of drug-likeness (QED) is 0.731. The Morgan fingerprint density at radius 3 is 3.07 bits per heavy atom. The van der Waals surface area contributed by atoms with Gasteiger partial charge in [-0.05, 0) is 13.3 Å². The van der Waals surface area contributed by atoms with E-state index in [-0.39, 0.29) is 6.09 Å².